The van der Waals surface area contributed by atoms with Crippen LogP contribution in [0.3, 0.4) is 0 Å². The third kappa shape index (κ3) is 4.45. The molecule has 0 amide bonds. The van der Waals surface area contributed by atoms with Crippen LogP contribution in [0, 0.1) is 0 Å². The number of hydrogen-bond acceptors (Lipinski definition) is 4. The Bertz CT molecular complexity index is 1540. The molecule has 0 bridgehead atoms. The van der Waals surface area contributed by atoms with Crippen LogP contribution < -0.4 is 10.3 Å². The molecule has 1 aliphatic heterocycles. The van der Waals surface area contributed by atoms with Crippen molar-refractivity contribution in [3.63, 3.8) is 0 Å². The molecule has 0 atom stereocenters. The zero-order valence-corrected chi connectivity index (χ0v) is 20.4. The highest BCUT2D eigenvalue weighted by Gasteiger charge is 2.13. The standard InChI is InChI=1S/C27H27N5O2.ClH/c1-34-23-5-6-24-20(15-23)16-25(29-24)19-8-11-31(27(33)17-19)22-4-7-26-21(14-22)18-28-32(26)13-12-30-9-2-3-10-30;/h4-8,11,14-18,29H,2-3,9-10,12-13H2,1H3;1H. The molecule has 2 aromatic carbocycles. The number of methoxy groups -OCH3 is 1. The molecule has 5 aromatic rings. The van der Waals surface area contributed by atoms with Gasteiger partial charge in [-0.25, -0.2) is 0 Å². The van der Waals surface area contributed by atoms with Gasteiger partial charge in [-0.05, 0) is 74.5 Å². The first-order valence-corrected chi connectivity index (χ1v) is 11.8. The molecular formula is C27H28ClN5O2. The molecule has 4 heterocycles. The average Bonchev–Trinajstić information content (AvgIpc) is 3.61. The Kier molecular flexibility index (Phi) is 6.36. The van der Waals surface area contributed by atoms with E-state index in [9.17, 15) is 4.79 Å². The van der Waals surface area contributed by atoms with Crippen molar-refractivity contribution in [2.24, 2.45) is 0 Å². The molecule has 3 aromatic heterocycles. The molecule has 0 radical (unpaired) electrons. The summed E-state index contributed by atoms with van der Waals surface area (Å²) in [6, 6.07) is 17.7. The summed E-state index contributed by atoms with van der Waals surface area (Å²) in [5, 5.41) is 6.68. The number of H-pyrrole nitrogens is 1. The molecule has 6 rings (SSSR count). The molecule has 8 heteroatoms. The van der Waals surface area contributed by atoms with Gasteiger partial charge in [0, 0.05) is 52.0 Å². The largest absolute Gasteiger partial charge is 0.497 e. The van der Waals surface area contributed by atoms with E-state index in [0.29, 0.717) is 0 Å². The number of likely N-dealkylation sites (tertiary alicyclic amines) is 1. The zero-order chi connectivity index (χ0) is 23.1. The fourth-order valence-corrected chi connectivity index (χ4v) is 4.90. The maximum Gasteiger partial charge on any atom is 0.255 e. The van der Waals surface area contributed by atoms with E-state index in [-0.39, 0.29) is 18.0 Å². The number of rotatable bonds is 6. The van der Waals surface area contributed by atoms with Crippen LogP contribution in [-0.2, 0) is 6.54 Å². The molecule has 7 nitrogen and oxygen atoms in total. The lowest BCUT2D eigenvalue weighted by atomic mass is 10.1. The van der Waals surface area contributed by atoms with Gasteiger partial charge in [-0.1, -0.05) is 0 Å². The number of nitrogens with zero attached hydrogens (tertiary/aromatic N) is 4. The number of benzene rings is 2. The minimum Gasteiger partial charge on any atom is -0.497 e. The van der Waals surface area contributed by atoms with Gasteiger partial charge in [-0.2, -0.15) is 5.10 Å². The van der Waals surface area contributed by atoms with Crippen LogP contribution in [-0.4, -0.2) is 51.0 Å². The van der Waals surface area contributed by atoms with Crippen LogP contribution in [0.1, 0.15) is 12.8 Å². The van der Waals surface area contributed by atoms with Crippen molar-refractivity contribution < 1.29 is 4.74 Å². The third-order valence-electron chi connectivity index (χ3n) is 6.79. The van der Waals surface area contributed by atoms with Crippen molar-refractivity contribution in [1.29, 1.82) is 0 Å². The topological polar surface area (TPSA) is 68.1 Å². The van der Waals surface area contributed by atoms with Gasteiger partial charge in [-0.3, -0.25) is 14.0 Å². The van der Waals surface area contributed by atoms with Gasteiger partial charge >= 0.3 is 0 Å². The number of aromatic amines is 1. The van der Waals surface area contributed by atoms with Gasteiger partial charge < -0.3 is 14.6 Å². The van der Waals surface area contributed by atoms with Gasteiger partial charge in [0.2, 0.25) is 0 Å². The van der Waals surface area contributed by atoms with Gasteiger partial charge in [0.1, 0.15) is 5.75 Å². The zero-order valence-electron chi connectivity index (χ0n) is 19.6. The molecule has 0 unspecified atom stereocenters. The van der Waals surface area contributed by atoms with Crippen LogP contribution in [0.15, 0.2) is 71.8 Å². The van der Waals surface area contributed by atoms with Crippen LogP contribution in [0.4, 0.5) is 0 Å². The smallest absolute Gasteiger partial charge is 0.255 e. The second-order valence-corrected chi connectivity index (χ2v) is 8.92. The summed E-state index contributed by atoms with van der Waals surface area (Å²) in [7, 11) is 1.66. The molecule has 1 N–H and O–H groups in total. The molecule has 1 saturated heterocycles. The molecule has 1 aliphatic rings. The Morgan fingerprint density at radius 2 is 1.83 bits per heavy atom. The molecule has 1 fully saturated rings. The van der Waals surface area contributed by atoms with Crippen molar-refractivity contribution in [2.45, 2.75) is 19.4 Å². The Hall–Kier alpha value is -3.55. The summed E-state index contributed by atoms with van der Waals surface area (Å²) in [6.45, 7) is 4.29. The normalized spacial score (nSPS) is 14.0. The van der Waals surface area contributed by atoms with Crippen molar-refractivity contribution in [1.82, 2.24) is 24.2 Å². The second-order valence-electron chi connectivity index (χ2n) is 8.92. The second kappa shape index (κ2) is 9.60. The van der Waals surface area contributed by atoms with Gasteiger partial charge in [0.15, 0.2) is 0 Å². The molecule has 0 saturated carbocycles. The number of hydrogen-bond donors (Lipinski definition) is 1. The van der Waals surface area contributed by atoms with Crippen molar-refractivity contribution in [3.8, 4) is 22.7 Å². The Labute approximate surface area is 209 Å². The maximum absolute atomic E-state index is 13.0. The van der Waals surface area contributed by atoms with E-state index in [4.69, 9.17) is 4.74 Å². The highest BCUT2D eigenvalue weighted by molar-refractivity contribution is 5.87. The lowest BCUT2D eigenvalue weighted by molar-refractivity contribution is 0.318. The minimum absolute atomic E-state index is 0. The Morgan fingerprint density at radius 3 is 2.63 bits per heavy atom. The lowest BCUT2D eigenvalue weighted by Gasteiger charge is -2.14. The molecule has 180 valence electrons. The fraction of sp³-hybridized carbons (Fsp3) is 0.259. The van der Waals surface area contributed by atoms with E-state index in [1.54, 1.807) is 17.7 Å². The molecule has 0 spiro atoms. The summed E-state index contributed by atoms with van der Waals surface area (Å²) < 4.78 is 9.06. The van der Waals surface area contributed by atoms with E-state index >= 15 is 0 Å². The number of nitrogens with one attached hydrogen (secondary N) is 1. The number of halogens is 1. The van der Waals surface area contributed by atoms with Crippen LogP contribution in [0.25, 0.3) is 38.8 Å². The predicted octanol–water partition coefficient (Wildman–Crippen LogP) is 4.86. The van der Waals surface area contributed by atoms with Crippen molar-refractivity contribution in [3.05, 3.63) is 77.3 Å². The number of aromatic nitrogens is 4. The quantitative estimate of drug-likeness (QED) is 0.370. The van der Waals surface area contributed by atoms with Gasteiger partial charge in [0.05, 0.1) is 25.4 Å². The maximum atomic E-state index is 13.0. The first kappa shape index (κ1) is 23.2. The van der Waals surface area contributed by atoms with E-state index in [0.717, 1.165) is 57.6 Å². The molecular weight excluding hydrogens is 462 g/mol. The van der Waals surface area contributed by atoms with Crippen LogP contribution in [0.2, 0.25) is 0 Å². The number of pyridine rings is 1. The Morgan fingerprint density at radius 1 is 0.971 bits per heavy atom. The summed E-state index contributed by atoms with van der Waals surface area (Å²) in [5.74, 6) is 0.809. The minimum atomic E-state index is -0.0745. The van der Waals surface area contributed by atoms with Crippen molar-refractivity contribution >= 4 is 34.2 Å². The van der Waals surface area contributed by atoms with Crippen LogP contribution in [0.5, 0.6) is 5.75 Å². The van der Waals surface area contributed by atoms with E-state index in [1.165, 1.54) is 25.9 Å². The van der Waals surface area contributed by atoms with Crippen LogP contribution >= 0.6 is 12.4 Å². The lowest BCUT2D eigenvalue weighted by Crippen LogP contribution is -2.24. The average molecular weight is 490 g/mol. The third-order valence-corrected chi connectivity index (χ3v) is 6.79. The molecule has 35 heavy (non-hydrogen) atoms. The van der Waals surface area contributed by atoms with Gasteiger partial charge in [-0.15, -0.1) is 12.4 Å². The first-order chi connectivity index (χ1) is 16.7. The first-order valence-electron chi connectivity index (χ1n) is 11.8. The fourth-order valence-electron chi connectivity index (χ4n) is 4.90. The number of ether oxygens (including phenoxy) is 1. The predicted molar refractivity (Wildman–Crippen MR) is 142 cm³/mol. The number of fused-ring (bicyclic) bond motifs is 2. The van der Waals surface area contributed by atoms with E-state index in [1.807, 2.05) is 54.9 Å². The Balaban J connectivity index is 0.00000253. The summed E-state index contributed by atoms with van der Waals surface area (Å²) in [6.07, 6.45) is 6.32. The monoisotopic (exact) mass is 489 g/mol. The summed E-state index contributed by atoms with van der Waals surface area (Å²) >= 11 is 0. The SMILES string of the molecule is COc1ccc2[nH]c(-c3ccn(-c4ccc5c(cnn5CCN5CCCC5)c4)c(=O)c3)cc2c1.Cl. The highest BCUT2D eigenvalue weighted by atomic mass is 35.5. The summed E-state index contributed by atoms with van der Waals surface area (Å²) in [4.78, 5) is 18.9. The summed E-state index contributed by atoms with van der Waals surface area (Å²) in [5.41, 5.74) is 4.63. The van der Waals surface area contributed by atoms with Crippen molar-refractivity contribution in [2.75, 3.05) is 26.7 Å². The van der Waals surface area contributed by atoms with Gasteiger partial charge in [0.25, 0.3) is 5.56 Å². The highest BCUT2D eigenvalue weighted by Crippen LogP contribution is 2.27. The van der Waals surface area contributed by atoms with E-state index in [2.05, 4.69) is 25.7 Å². The molecule has 0 aliphatic carbocycles. The van der Waals surface area contributed by atoms with E-state index < -0.39 is 0 Å².